The number of carbonyl (C=O) groups is 1. The van der Waals surface area contributed by atoms with Crippen LogP contribution in [0.4, 0.5) is 22.0 Å². The monoisotopic (exact) mass is 299 g/mol. The maximum Gasteiger partial charge on any atom is 0.459 e. The summed E-state index contributed by atoms with van der Waals surface area (Å²) in [7, 11) is 0. The van der Waals surface area contributed by atoms with Gasteiger partial charge in [-0.3, -0.25) is 0 Å². The second-order valence-corrected chi connectivity index (χ2v) is 4.36. The highest BCUT2D eigenvalue weighted by Gasteiger charge is 2.60. The van der Waals surface area contributed by atoms with Crippen LogP contribution in [0.25, 0.3) is 0 Å². The molecule has 0 bridgehead atoms. The van der Waals surface area contributed by atoms with E-state index < -0.39 is 17.8 Å². The first-order valence-electron chi connectivity index (χ1n) is 6.02. The summed E-state index contributed by atoms with van der Waals surface area (Å²) >= 11 is 0. The zero-order valence-electron chi connectivity index (χ0n) is 10.7. The molecule has 4 nitrogen and oxygen atoms in total. The fraction of sp³-hybridized carbons (Fsp3) is 0.727. The molecule has 1 aromatic heterocycles. The van der Waals surface area contributed by atoms with E-state index in [-0.39, 0.29) is 18.9 Å². The lowest BCUT2D eigenvalue weighted by Crippen LogP contribution is -2.36. The Hall–Kier alpha value is -1.54. The molecule has 0 aliphatic heterocycles. The summed E-state index contributed by atoms with van der Waals surface area (Å²) in [5, 5.41) is 6.35. The van der Waals surface area contributed by atoms with Gasteiger partial charge < -0.3 is 4.79 Å². The molecule has 0 fully saturated rings. The van der Waals surface area contributed by atoms with Gasteiger partial charge in [0.25, 0.3) is 0 Å². The lowest BCUT2D eigenvalue weighted by atomic mass is 10.0. The Bertz CT molecular complexity index is 444. The highest BCUT2D eigenvalue weighted by atomic mass is 19.4. The summed E-state index contributed by atoms with van der Waals surface area (Å²) in [6, 6.07) is 0. The highest BCUT2D eigenvalue weighted by Crippen LogP contribution is 2.43. The lowest BCUT2D eigenvalue weighted by molar-refractivity contribution is -0.292. The standard InChI is InChI=1S/C11H14F5N3O/c1-2-8(7-20)4-3-5-19-9(6-17-18-19)10(12,13)11(14,15)16/h6-8H,2-5H2,1H3. The summed E-state index contributed by atoms with van der Waals surface area (Å²) in [5.74, 6) is -5.23. The van der Waals surface area contributed by atoms with Crippen LogP contribution in [0.15, 0.2) is 6.20 Å². The normalized spacial score (nSPS) is 14.3. The lowest BCUT2D eigenvalue weighted by Gasteiger charge is -2.19. The van der Waals surface area contributed by atoms with Crippen molar-refractivity contribution in [2.45, 2.75) is 44.8 Å². The van der Waals surface area contributed by atoms with Crippen molar-refractivity contribution in [1.82, 2.24) is 15.0 Å². The Balaban J connectivity index is 2.75. The maximum absolute atomic E-state index is 13.2. The number of carbonyl (C=O) groups excluding carboxylic acids is 1. The van der Waals surface area contributed by atoms with Gasteiger partial charge in [0.2, 0.25) is 0 Å². The van der Waals surface area contributed by atoms with Gasteiger partial charge in [0, 0.05) is 12.5 Å². The van der Waals surface area contributed by atoms with Crippen molar-refractivity contribution in [3.8, 4) is 0 Å². The molecule has 0 N–H and O–H groups in total. The van der Waals surface area contributed by atoms with Gasteiger partial charge in [-0.1, -0.05) is 12.1 Å². The predicted molar refractivity (Wildman–Crippen MR) is 59.1 cm³/mol. The molecule has 1 unspecified atom stereocenters. The van der Waals surface area contributed by atoms with Crippen LogP contribution in [-0.4, -0.2) is 27.5 Å². The summed E-state index contributed by atoms with van der Waals surface area (Å²) in [6.07, 6.45) is -3.29. The van der Waals surface area contributed by atoms with Crippen molar-refractivity contribution in [2.24, 2.45) is 5.92 Å². The van der Waals surface area contributed by atoms with Crippen LogP contribution in [0.3, 0.4) is 0 Å². The Kier molecular flexibility index (Phi) is 5.18. The third kappa shape index (κ3) is 3.51. The minimum absolute atomic E-state index is 0.147. The summed E-state index contributed by atoms with van der Waals surface area (Å²) in [4.78, 5) is 10.6. The van der Waals surface area contributed by atoms with E-state index in [1.807, 2.05) is 0 Å². The SMILES string of the molecule is CCC(C=O)CCCn1nncc1C(F)(F)C(F)(F)F. The Morgan fingerprint density at radius 2 is 2.00 bits per heavy atom. The Morgan fingerprint density at radius 1 is 1.35 bits per heavy atom. The highest BCUT2D eigenvalue weighted by molar-refractivity contribution is 5.53. The molecule has 9 heteroatoms. The van der Waals surface area contributed by atoms with Crippen LogP contribution in [0.5, 0.6) is 0 Å². The molecule has 1 heterocycles. The number of aldehydes is 1. The van der Waals surface area contributed by atoms with E-state index in [4.69, 9.17) is 0 Å². The van der Waals surface area contributed by atoms with Gasteiger partial charge in [0.15, 0.2) is 0 Å². The minimum atomic E-state index is -5.69. The Morgan fingerprint density at radius 3 is 2.50 bits per heavy atom. The van der Waals surface area contributed by atoms with Crippen molar-refractivity contribution >= 4 is 6.29 Å². The van der Waals surface area contributed by atoms with Crippen LogP contribution < -0.4 is 0 Å². The molecule has 0 radical (unpaired) electrons. The van der Waals surface area contributed by atoms with Crippen LogP contribution in [0.2, 0.25) is 0 Å². The molecule has 0 saturated heterocycles. The molecule has 0 aromatic carbocycles. The van der Waals surface area contributed by atoms with E-state index >= 15 is 0 Å². The van der Waals surface area contributed by atoms with E-state index in [0.29, 0.717) is 23.7 Å². The number of aryl methyl sites for hydroxylation is 1. The zero-order chi connectivity index (χ0) is 15.4. The number of nitrogens with zero attached hydrogens (tertiary/aromatic N) is 3. The molecule has 0 aliphatic carbocycles. The summed E-state index contributed by atoms with van der Waals surface area (Å²) in [6.45, 7) is 1.64. The molecule has 20 heavy (non-hydrogen) atoms. The zero-order valence-corrected chi connectivity index (χ0v) is 10.7. The molecule has 0 saturated carbocycles. The van der Waals surface area contributed by atoms with E-state index in [9.17, 15) is 26.7 Å². The summed E-state index contributed by atoms with van der Waals surface area (Å²) < 4.78 is 63.7. The van der Waals surface area contributed by atoms with Crippen LogP contribution in [-0.2, 0) is 17.3 Å². The second kappa shape index (κ2) is 6.27. The van der Waals surface area contributed by atoms with Crippen molar-refractivity contribution in [1.29, 1.82) is 0 Å². The van der Waals surface area contributed by atoms with E-state index in [2.05, 4.69) is 10.3 Å². The van der Waals surface area contributed by atoms with Gasteiger partial charge in [-0.05, 0) is 19.3 Å². The van der Waals surface area contributed by atoms with Gasteiger partial charge in [-0.2, -0.15) is 22.0 Å². The molecule has 0 aliphatic rings. The minimum Gasteiger partial charge on any atom is -0.303 e. The number of halogens is 5. The number of alkyl halides is 5. The third-order valence-corrected chi connectivity index (χ3v) is 2.96. The van der Waals surface area contributed by atoms with Crippen LogP contribution in [0.1, 0.15) is 31.9 Å². The number of aromatic nitrogens is 3. The van der Waals surface area contributed by atoms with Gasteiger partial charge in [0.05, 0.1) is 6.20 Å². The van der Waals surface area contributed by atoms with E-state index in [1.54, 1.807) is 6.92 Å². The third-order valence-electron chi connectivity index (χ3n) is 2.96. The van der Waals surface area contributed by atoms with E-state index in [1.165, 1.54) is 0 Å². The maximum atomic E-state index is 13.2. The molecule has 114 valence electrons. The second-order valence-electron chi connectivity index (χ2n) is 4.36. The van der Waals surface area contributed by atoms with Crippen molar-refractivity contribution in [3.05, 3.63) is 11.9 Å². The van der Waals surface area contributed by atoms with Gasteiger partial charge in [-0.15, -0.1) is 5.10 Å². The average Bonchev–Trinajstić information content (AvgIpc) is 2.82. The summed E-state index contributed by atoms with van der Waals surface area (Å²) in [5.41, 5.74) is -1.29. The van der Waals surface area contributed by atoms with Crippen molar-refractivity contribution in [2.75, 3.05) is 0 Å². The number of rotatable bonds is 7. The molecule has 1 aromatic rings. The molecular weight excluding hydrogens is 285 g/mol. The fourth-order valence-electron chi connectivity index (χ4n) is 1.68. The molecule has 0 amide bonds. The topological polar surface area (TPSA) is 47.8 Å². The van der Waals surface area contributed by atoms with Gasteiger partial charge >= 0.3 is 12.1 Å². The average molecular weight is 299 g/mol. The molecule has 0 spiro atoms. The number of hydrogen-bond acceptors (Lipinski definition) is 3. The molecule has 1 atom stereocenters. The van der Waals surface area contributed by atoms with Gasteiger partial charge in [0.1, 0.15) is 12.0 Å². The largest absolute Gasteiger partial charge is 0.459 e. The number of hydrogen-bond donors (Lipinski definition) is 0. The Labute approximate surface area is 112 Å². The van der Waals surface area contributed by atoms with Crippen LogP contribution in [0, 0.1) is 5.92 Å². The first-order chi connectivity index (χ1) is 9.24. The van der Waals surface area contributed by atoms with Crippen LogP contribution >= 0.6 is 0 Å². The fourth-order valence-corrected chi connectivity index (χ4v) is 1.68. The molecular formula is C11H14F5N3O. The van der Waals surface area contributed by atoms with Crippen molar-refractivity contribution < 1.29 is 26.7 Å². The first-order valence-corrected chi connectivity index (χ1v) is 6.02. The van der Waals surface area contributed by atoms with Crippen molar-refractivity contribution in [3.63, 3.8) is 0 Å². The first kappa shape index (κ1) is 16.5. The predicted octanol–water partition coefficient (Wildman–Crippen LogP) is 2.94. The van der Waals surface area contributed by atoms with Gasteiger partial charge in [-0.25, -0.2) is 4.68 Å². The smallest absolute Gasteiger partial charge is 0.303 e. The quantitative estimate of drug-likeness (QED) is 0.574. The van der Waals surface area contributed by atoms with E-state index in [0.717, 1.165) is 6.29 Å². The molecule has 1 rings (SSSR count).